The molecule has 2 amide bonds. The van der Waals surface area contributed by atoms with Crippen molar-refractivity contribution in [3.63, 3.8) is 0 Å². The van der Waals surface area contributed by atoms with Crippen molar-refractivity contribution < 1.29 is 18.0 Å². The molecule has 2 heterocycles. The molecule has 0 bridgehead atoms. The number of rotatable bonds is 2. The lowest BCUT2D eigenvalue weighted by Crippen LogP contribution is -2.33. The van der Waals surface area contributed by atoms with Crippen molar-refractivity contribution >= 4 is 40.0 Å². The zero-order chi connectivity index (χ0) is 19.8. The second-order valence-corrected chi connectivity index (χ2v) is 6.63. The summed E-state index contributed by atoms with van der Waals surface area (Å²) in [5, 5.41) is 2.73. The highest BCUT2D eigenvalue weighted by molar-refractivity contribution is 6.33. The van der Waals surface area contributed by atoms with Crippen LogP contribution in [0, 0.1) is 18.6 Å². The van der Waals surface area contributed by atoms with Crippen LogP contribution in [0.3, 0.4) is 0 Å². The number of anilines is 1. The predicted octanol–water partition coefficient (Wildman–Crippen LogP) is 5.51. The molecule has 0 radical (unpaired) electrons. The lowest BCUT2D eigenvalue weighted by atomic mass is 10.0. The smallest absolute Gasteiger partial charge is 0.326 e. The maximum atomic E-state index is 13.8. The molecule has 0 aliphatic carbocycles. The highest BCUT2D eigenvalue weighted by Crippen LogP contribution is 2.31. The summed E-state index contributed by atoms with van der Waals surface area (Å²) in [6.07, 6.45) is 4.98. The van der Waals surface area contributed by atoms with Crippen molar-refractivity contribution in [3.8, 4) is 0 Å². The molecule has 0 unspecified atom stereocenters. The van der Waals surface area contributed by atoms with Gasteiger partial charge >= 0.3 is 6.03 Å². The van der Waals surface area contributed by atoms with Crippen LogP contribution in [0.2, 0.25) is 5.02 Å². The number of hydrogen-bond acceptors (Lipinski definition) is 3. The SMILES string of the molecule is Cc1nc2cc(Cl)c(C3=CC=CN(C(=O)Nc4c(F)cccc4F)C3)cc2o1. The predicted molar refractivity (Wildman–Crippen MR) is 103 cm³/mol. The van der Waals surface area contributed by atoms with E-state index >= 15 is 0 Å². The second-order valence-electron chi connectivity index (χ2n) is 6.22. The summed E-state index contributed by atoms with van der Waals surface area (Å²) in [5.41, 5.74) is 2.16. The van der Waals surface area contributed by atoms with Gasteiger partial charge in [-0.25, -0.2) is 18.6 Å². The maximum Gasteiger partial charge on any atom is 0.326 e. The molecule has 142 valence electrons. The third-order valence-corrected chi connectivity index (χ3v) is 4.60. The van der Waals surface area contributed by atoms with Gasteiger partial charge in [0.1, 0.15) is 22.8 Å². The number of urea groups is 1. The molecule has 0 fully saturated rings. The van der Waals surface area contributed by atoms with Crippen LogP contribution in [0.1, 0.15) is 11.5 Å². The van der Waals surface area contributed by atoms with Crippen molar-refractivity contribution in [1.29, 1.82) is 0 Å². The van der Waals surface area contributed by atoms with Gasteiger partial charge < -0.3 is 9.73 Å². The number of oxazole rings is 1. The van der Waals surface area contributed by atoms with Crippen LogP contribution in [0.25, 0.3) is 16.7 Å². The lowest BCUT2D eigenvalue weighted by Gasteiger charge is -2.24. The molecule has 1 N–H and O–H groups in total. The first kappa shape index (κ1) is 18.2. The second kappa shape index (κ2) is 7.09. The number of hydrogen-bond donors (Lipinski definition) is 1. The molecule has 5 nitrogen and oxygen atoms in total. The largest absolute Gasteiger partial charge is 0.441 e. The fourth-order valence-electron chi connectivity index (χ4n) is 2.97. The Morgan fingerprint density at radius 3 is 2.79 bits per heavy atom. The van der Waals surface area contributed by atoms with Gasteiger partial charge in [-0.05, 0) is 35.9 Å². The number of para-hydroxylation sites is 1. The zero-order valence-corrected chi connectivity index (χ0v) is 15.4. The Morgan fingerprint density at radius 1 is 1.29 bits per heavy atom. The third-order valence-electron chi connectivity index (χ3n) is 4.29. The number of nitrogens with zero attached hydrogens (tertiary/aromatic N) is 2. The van der Waals surface area contributed by atoms with E-state index in [4.69, 9.17) is 16.0 Å². The Bertz CT molecular complexity index is 1130. The first-order valence-corrected chi connectivity index (χ1v) is 8.76. The number of aromatic nitrogens is 1. The van der Waals surface area contributed by atoms with E-state index in [9.17, 15) is 13.6 Å². The monoisotopic (exact) mass is 401 g/mol. The number of carbonyl (C=O) groups is 1. The molecule has 2 aromatic carbocycles. The fourth-order valence-corrected chi connectivity index (χ4v) is 3.25. The summed E-state index contributed by atoms with van der Waals surface area (Å²) < 4.78 is 33.1. The fraction of sp³-hybridized carbons (Fsp3) is 0.100. The lowest BCUT2D eigenvalue weighted by molar-refractivity contribution is 0.232. The number of fused-ring (bicyclic) bond motifs is 1. The van der Waals surface area contributed by atoms with Gasteiger partial charge in [-0.2, -0.15) is 0 Å². The van der Waals surface area contributed by atoms with Crippen LogP contribution in [-0.4, -0.2) is 22.5 Å². The van der Waals surface area contributed by atoms with Gasteiger partial charge in [0.15, 0.2) is 11.5 Å². The van der Waals surface area contributed by atoms with Gasteiger partial charge in [0.25, 0.3) is 0 Å². The number of amides is 2. The molecule has 28 heavy (non-hydrogen) atoms. The Kier molecular flexibility index (Phi) is 4.60. The average Bonchev–Trinajstić information content (AvgIpc) is 3.03. The first-order chi connectivity index (χ1) is 13.4. The normalized spacial score (nSPS) is 13.7. The van der Waals surface area contributed by atoms with Gasteiger partial charge in [-0.15, -0.1) is 0 Å². The average molecular weight is 402 g/mol. The molecule has 0 saturated heterocycles. The number of carbonyl (C=O) groups excluding carboxylic acids is 1. The number of aryl methyl sites for hydroxylation is 1. The number of halogens is 3. The van der Waals surface area contributed by atoms with E-state index < -0.39 is 23.4 Å². The molecule has 1 aliphatic heterocycles. The van der Waals surface area contributed by atoms with E-state index in [1.165, 1.54) is 17.2 Å². The Morgan fingerprint density at radius 2 is 2.04 bits per heavy atom. The van der Waals surface area contributed by atoms with Gasteiger partial charge in [0.05, 0.1) is 11.6 Å². The van der Waals surface area contributed by atoms with E-state index in [1.807, 2.05) is 6.08 Å². The van der Waals surface area contributed by atoms with E-state index in [2.05, 4.69) is 10.3 Å². The molecule has 0 spiro atoms. The molecule has 8 heteroatoms. The minimum Gasteiger partial charge on any atom is -0.441 e. The molecule has 3 aromatic rings. The quantitative estimate of drug-likeness (QED) is 0.615. The molecular formula is C20H14ClF2N3O2. The summed E-state index contributed by atoms with van der Waals surface area (Å²) >= 11 is 6.38. The van der Waals surface area contributed by atoms with E-state index in [0.717, 1.165) is 17.7 Å². The van der Waals surface area contributed by atoms with E-state index in [0.29, 0.717) is 27.6 Å². The molecule has 1 aromatic heterocycles. The van der Waals surface area contributed by atoms with Crippen molar-refractivity contribution in [1.82, 2.24) is 9.88 Å². The Labute approximate surface area is 163 Å². The highest BCUT2D eigenvalue weighted by Gasteiger charge is 2.21. The maximum absolute atomic E-state index is 13.8. The van der Waals surface area contributed by atoms with Crippen molar-refractivity contribution in [3.05, 3.63) is 76.8 Å². The van der Waals surface area contributed by atoms with E-state index in [1.54, 1.807) is 25.1 Å². The summed E-state index contributed by atoms with van der Waals surface area (Å²) in [4.78, 5) is 18.0. The molecular weight excluding hydrogens is 388 g/mol. The van der Waals surface area contributed by atoms with Gasteiger partial charge in [-0.3, -0.25) is 4.90 Å². The summed E-state index contributed by atoms with van der Waals surface area (Å²) in [7, 11) is 0. The third kappa shape index (κ3) is 3.36. The van der Waals surface area contributed by atoms with Crippen molar-refractivity contribution in [2.24, 2.45) is 0 Å². The van der Waals surface area contributed by atoms with Crippen molar-refractivity contribution in [2.75, 3.05) is 11.9 Å². The zero-order valence-electron chi connectivity index (χ0n) is 14.7. The topological polar surface area (TPSA) is 58.4 Å². The minimum absolute atomic E-state index is 0.163. The molecule has 0 saturated carbocycles. The van der Waals surface area contributed by atoms with Crippen LogP contribution >= 0.6 is 11.6 Å². The number of benzene rings is 2. The molecule has 0 atom stereocenters. The van der Waals surface area contributed by atoms with Crippen LogP contribution in [0.4, 0.5) is 19.3 Å². The number of nitrogens with one attached hydrogen (secondary N) is 1. The highest BCUT2D eigenvalue weighted by atomic mass is 35.5. The Hall–Kier alpha value is -3.19. The Balaban J connectivity index is 1.58. The van der Waals surface area contributed by atoms with Gasteiger partial charge in [0, 0.05) is 18.7 Å². The van der Waals surface area contributed by atoms with Crippen LogP contribution in [-0.2, 0) is 0 Å². The summed E-state index contributed by atoms with van der Waals surface area (Å²) in [5.74, 6) is -1.17. The van der Waals surface area contributed by atoms with Crippen LogP contribution < -0.4 is 5.32 Å². The first-order valence-electron chi connectivity index (χ1n) is 8.38. The standard InChI is InChI=1S/C20H14ClF2N3O2/c1-11-24-17-9-14(21)13(8-18(17)28-11)12-4-3-7-26(10-12)20(27)25-19-15(22)5-2-6-16(19)23/h2-9H,10H2,1H3,(H,25,27). The van der Waals surface area contributed by atoms with Crippen molar-refractivity contribution in [2.45, 2.75) is 6.92 Å². The van der Waals surface area contributed by atoms with E-state index in [-0.39, 0.29) is 6.54 Å². The summed E-state index contributed by atoms with van der Waals surface area (Å²) in [6, 6.07) is 6.16. The number of allylic oxidation sites excluding steroid dienone is 2. The van der Waals surface area contributed by atoms with Gasteiger partial charge in [0.2, 0.25) is 0 Å². The van der Waals surface area contributed by atoms with Crippen LogP contribution in [0.15, 0.2) is 53.1 Å². The minimum atomic E-state index is -0.848. The molecule has 4 rings (SSSR count). The summed E-state index contributed by atoms with van der Waals surface area (Å²) in [6.45, 7) is 1.90. The molecule has 1 aliphatic rings. The van der Waals surface area contributed by atoms with Gasteiger partial charge in [-0.1, -0.05) is 23.7 Å². The van der Waals surface area contributed by atoms with Crippen LogP contribution in [0.5, 0.6) is 0 Å².